The van der Waals surface area contributed by atoms with Gasteiger partial charge < -0.3 is 19.7 Å². The summed E-state index contributed by atoms with van der Waals surface area (Å²) >= 11 is 3.47. The van der Waals surface area contributed by atoms with E-state index in [2.05, 4.69) is 36.1 Å². The SMILES string of the molecule is O=C(Oc1ccc2ncnc(Nc3cccc(Br)c3)c2c1)C1OC1CN1CCCCC1. The highest BCUT2D eigenvalue weighted by molar-refractivity contribution is 9.10. The van der Waals surface area contributed by atoms with Gasteiger partial charge in [-0.05, 0) is 62.3 Å². The van der Waals surface area contributed by atoms with Crippen LogP contribution in [0.5, 0.6) is 5.75 Å². The van der Waals surface area contributed by atoms with Crippen LogP contribution in [-0.2, 0) is 9.53 Å². The van der Waals surface area contributed by atoms with Gasteiger partial charge in [0.25, 0.3) is 0 Å². The third kappa shape index (κ3) is 4.87. The van der Waals surface area contributed by atoms with E-state index in [1.165, 1.54) is 25.6 Å². The standard InChI is InChI=1S/C23H23BrN4O3/c24-15-5-4-6-16(11-15)27-22-18-12-17(7-8-19(18)25-14-26-22)30-23(29)21-20(31-21)13-28-9-2-1-3-10-28/h4-8,11-12,14,20-21H,1-3,9-10,13H2,(H,25,26,27). The number of nitrogens with zero attached hydrogens (tertiary/aromatic N) is 3. The summed E-state index contributed by atoms with van der Waals surface area (Å²) in [4.78, 5) is 23.6. The second-order valence-electron chi connectivity index (χ2n) is 7.91. The fraction of sp³-hybridized carbons (Fsp3) is 0.348. The van der Waals surface area contributed by atoms with Gasteiger partial charge in [0.15, 0.2) is 6.10 Å². The van der Waals surface area contributed by atoms with Crippen LogP contribution in [0.1, 0.15) is 19.3 Å². The minimum atomic E-state index is -0.482. The number of hydrogen-bond donors (Lipinski definition) is 1. The zero-order valence-electron chi connectivity index (χ0n) is 17.0. The van der Waals surface area contributed by atoms with Gasteiger partial charge >= 0.3 is 5.97 Å². The number of likely N-dealkylation sites (tertiary alicyclic amines) is 1. The Balaban J connectivity index is 1.28. The number of rotatable bonds is 6. The molecule has 2 unspecified atom stereocenters. The number of nitrogens with one attached hydrogen (secondary N) is 1. The molecule has 5 rings (SSSR count). The molecule has 2 saturated heterocycles. The number of piperidine rings is 1. The number of fused-ring (bicyclic) bond motifs is 1. The van der Waals surface area contributed by atoms with Crippen LogP contribution in [0.4, 0.5) is 11.5 Å². The molecule has 8 heteroatoms. The van der Waals surface area contributed by atoms with Crippen LogP contribution in [0.25, 0.3) is 10.9 Å². The monoisotopic (exact) mass is 482 g/mol. The summed E-state index contributed by atoms with van der Waals surface area (Å²) in [5, 5.41) is 4.08. The van der Waals surface area contributed by atoms with E-state index >= 15 is 0 Å². The second kappa shape index (κ2) is 8.90. The quantitative estimate of drug-likeness (QED) is 0.318. The Morgan fingerprint density at radius 1 is 1.16 bits per heavy atom. The number of carbonyl (C=O) groups is 1. The topological polar surface area (TPSA) is 79.9 Å². The van der Waals surface area contributed by atoms with Gasteiger partial charge in [0, 0.05) is 22.1 Å². The number of anilines is 2. The van der Waals surface area contributed by atoms with Crippen molar-refractivity contribution >= 4 is 44.3 Å². The molecular formula is C23H23BrN4O3. The summed E-state index contributed by atoms with van der Waals surface area (Å²) in [7, 11) is 0. The Labute approximate surface area is 188 Å². The smallest absolute Gasteiger partial charge is 0.343 e. The molecule has 2 aromatic carbocycles. The molecule has 0 bridgehead atoms. The van der Waals surface area contributed by atoms with Gasteiger partial charge in [-0.2, -0.15) is 0 Å². The lowest BCUT2D eigenvalue weighted by atomic mass is 10.1. The molecule has 0 aliphatic carbocycles. The van der Waals surface area contributed by atoms with E-state index < -0.39 is 6.10 Å². The van der Waals surface area contributed by atoms with Crippen LogP contribution in [0.3, 0.4) is 0 Å². The summed E-state index contributed by atoms with van der Waals surface area (Å²) in [5.74, 6) is 0.753. The first-order chi connectivity index (χ1) is 15.2. The number of carbonyl (C=O) groups excluding carboxylic acids is 1. The van der Waals surface area contributed by atoms with Crippen molar-refractivity contribution in [2.24, 2.45) is 0 Å². The minimum Gasteiger partial charge on any atom is -0.425 e. The number of esters is 1. The molecular weight excluding hydrogens is 460 g/mol. The van der Waals surface area contributed by atoms with E-state index in [-0.39, 0.29) is 12.1 Å². The van der Waals surface area contributed by atoms with Crippen LogP contribution >= 0.6 is 15.9 Å². The fourth-order valence-corrected chi connectivity index (χ4v) is 4.36. The molecule has 0 saturated carbocycles. The van der Waals surface area contributed by atoms with E-state index in [1.54, 1.807) is 12.1 Å². The van der Waals surface area contributed by atoms with Gasteiger partial charge in [0.05, 0.1) is 5.52 Å². The molecule has 2 fully saturated rings. The van der Waals surface area contributed by atoms with Gasteiger partial charge in [0.2, 0.25) is 0 Å². The van der Waals surface area contributed by atoms with E-state index in [1.807, 2.05) is 30.3 Å². The molecule has 160 valence electrons. The molecule has 0 radical (unpaired) electrons. The van der Waals surface area contributed by atoms with Crippen molar-refractivity contribution in [3.05, 3.63) is 53.3 Å². The zero-order valence-corrected chi connectivity index (χ0v) is 18.5. The molecule has 2 aliphatic heterocycles. The first-order valence-electron chi connectivity index (χ1n) is 10.5. The van der Waals surface area contributed by atoms with E-state index in [0.717, 1.165) is 40.7 Å². The summed E-state index contributed by atoms with van der Waals surface area (Å²) in [6.45, 7) is 2.96. The largest absolute Gasteiger partial charge is 0.425 e. The van der Waals surface area contributed by atoms with Crippen LogP contribution in [0.15, 0.2) is 53.3 Å². The lowest BCUT2D eigenvalue weighted by molar-refractivity contribution is -0.135. The summed E-state index contributed by atoms with van der Waals surface area (Å²) < 4.78 is 12.2. The highest BCUT2D eigenvalue weighted by Gasteiger charge is 2.47. The van der Waals surface area contributed by atoms with E-state index in [9.17, 15) is 4.79 Å². The molecule has 1 aromatic heterocycles. The Hall–Kier alpha value is -2.55. The Kier molecular flexibility index (Phi) is 5.85. The molecule has 0 amide bonds. The molecule has 2 aliphatic rings. The highest BCUT2D eigenvalue weighted by Crippen LogP contribution is 2.30. The van der Waals surface area contributed by atoms with Crippen molar-refractivity contribution < 1.29 is 14.3 Å². The molecule has 7 nitrogen and oxygen atoms in total. The first-order valence-corrected chi connectivity index (χ1v) is 11.3. The van der Waals surface area contributed by atoms with Crippen LogP contribution in [0, 0.1) is 0 Å². The first kappa shape index (κ1) is 20.4. The van der Waals surface area contributed by atoms with Gasteiger partial charge in [-0.3, -0.25) is 0 Å². The summed E-state index contributed by atoms with van der Waals surface area (Å²) in [6.07, 6.45) is 4.69. The van der Waals surface area contributed by atoms with Gasteiger partial charge in [-0.15, -0.1) is 0 Å². The van der Waals surface area contributed by atoms with Gasteiger partial charge in [0.1, 0.15) is 24.0 Å². The van der Waals surface area contributed by atoms with Crippen molar-refractivity contribution in [3.8, 4) is 5.75 Å². The average molecular weight is 483 g/mol. The maximum Gasteiger partial charge on any atom is 0.343 e. The van der Waals surface area contributed by atoms with Crippen LogP contribution < -0.4 is 10.1 Å². The van der Waals surface area contributed by atoms with Gasteiger partial charge in [-0.1, -0.05) is 28.4 Å². The minimum absolute atomic E-state index is 0.0665. The lowest BCUT2D eigenvalue weighted by Gasteiger charge is -2.25. The second-order valence-corrected chi connectivity index (χ2v) is 8.83. The number of epoxide rings is 1. The Morgan fingerprint density at radius 2 is 2.03 bits per heavy atom. The van der Waals surface area contributed by atoms with Gasteiger partial charge in [-0.25, -0.2) is 14.8 Å². The normalized spacial score (nSPS) is 21.1. The lowest BCUT2D eigenvalue weighted by Crippen LogP contribution is -2.34. The maximum absolute atomic E-state index is 12.6. The Morgan fingerprint density at radius 3 is 2.87 bits per heavy atom. The maximum atomic E-state index is 12.6. The molecule has 31 heavy (non-hydrogen) atoms. The zero-order chi connectivity index (χ0) is 21.2. The third-order valence-corrected chi connectivity index (χ3v) is 6.11. The molecule has 0 spiro atoms. The predicted octanol–water partition coefficient (Wildman–Crippen LogP) is 4.29. The van der Waals surface area contributed by atoms with Crippen molar-refractivity contribution in [3.63, 3.8) is 0 Å². The van der Waals surface area contributed by atoms with E-state index in [4.69, 9.17) is 9.47 Å². The fourth-order valence-electron chi connectivity index (χ4n) is 3.96. The Bertz CT molecular complexity index is 1100. The van der Waals surface area contributed by atoms with E-state index in [0.29, 0.717) is 11.6 Å². The van der Waals surface area contributed by atoms with Crippen molar-refractivity contribution in [2.45, 2.75) is 31.5 Å². The van der Waals surface area contributed by atoms with Crippen molar-refractivity contribution in [1.82, 2.24) is 14.9 Å². The number of ether oxygens (including phenoxy) is 2. The predicted molar refractivity (Wildman–Crippen MR) is 122 cm³/mol. The highest BCUT2D eigenvalue weighted by atomic mass is 79.9. The van der Waals surface area contributed by atoms with Crippen molar-refractivity contribution in [1.29, 1.82) is 0 Å². The van der Waals surface area contributed by atoms with Crippen LogP contribution in [-0.4, -0.2) is 52.7 Å². The molecule has 1 N–H and O–H groups in total. The van der Waals surface area contributed by atoms with Crippen LogP contribution in [0.2, 0.25) is 0 Å². The average Bonchev–Trinajstić information content (AvgIpc) is 3.54. The molecule has 2 atom stereocenters. The van der Waals surface area contributed by atoms with Crippen molar-refractivity contribution in [2.75, 3.05) is 25.0 Å². The third-order valence-electron chi connectivity index (χ3n) is 5.61. The number of benzene rings is 2. The number of hydrogen-bond acceptors (Lipinski definition) is 7. The summed E-state index contributed by atoms with van der Waals surface area (Å²) in [6, 6.07) is 13.2. The molecule has 3 aromatic rings. The summed E-state index contributed by atoms with van der Waals surface area (Å²) in [5.41, 5.74) is 1.65. The number of halogens is 1. The molecule has 3 heterocycles. The number of aromatic nitrogens is 2.